The molecule has 0 bridgehead atoms. The van der Waals surface area contributed by atoms with Gasteiger partial charge in [-0.25, -0.2) is 14.2 Å². The first-order valence-corrected chi connectivity index (χ1v) is 10.9. The van der Waals surface area contributed by atoms with Crippen molar-refractivity contribution in [2.45, 2.75) is 13.0 Å². The fraction of sp³-hybridized carbons (Fsp3) is 0.167. The number of thiazole rings is 1. The molecule has 2 aromatic carbocycles. The smallest absolute Gasteiger partial charge is 0.350 e. The molecule has 4 rings (SSSR count). The van der Waals surface area contributed by atoms with E-state index in [9.17, 15) is 23.9 Å². The number of benzene rings is 2. The average Bonchev–Trinajstić information content (AvgIpc) is 3.35. The van der Waals surface area contributed by atoms with Crippen molar-refractivity contribution < 1.29 is 33.4 Å². The van der Waals surface area contributed by atoms with Crippen LogP contribution in [-0.4, -0.2) is 42.0 Å². The van der Waals surface area contributed by atoms with Gasteiger partial charge in [0, 0.05) is 11.1 Å². The summed E-state index contributed by atoms with van der Waals surface area (Å²) in [5, 5.41) is 11.1. The molecular weight excluding hydrogens is 463 g/mol. The molecule has 174 valence electrons. The van der Waals surface area contributed by atoms with E-state index in [4.69, 9.17) is 9.47 Å². The summed E-state index contributed by atoms with van der Waals surface area (Å²) in [6.07, 6.45) is 0. The van der Waals surface area contributed by atoms with E-state index in [1.54, 1.807) is 25.1 Å². The van der Waals surface area contributed by atoms with Gasteiger partial charge in [0.15, 0.2) is 5.13 Å². The van der Waals surface area contributed by atoms with Gasteiger partial charge in [-0.2, -0.15) is 0 Å². The topological polar surface area (TPSA) is 106 Å². The second-order valence-corrected chi connectivity index (χ2v) is 8.30. The Labute approximate surface area is 197 Å². The molecule has 1 amide bonds. The standard InChI is InChI=1S/C24H19FN2O6S/c1-12-21(23(31)33-3)34-24(26-12)27-18(15-6-4-5-7-16(15)25)17(20(29)22(27)30)19(28)13-8-10-14(32-2)11-9-13/h4-11,18,28H,1-3H3/b19-17+/t18-/m0/s1. The van der Waals surface area contributed by atoms with Crippen LogP contribution in [0.1, 0.15) is 32.5 Å². The number of ether oxygens (including phenoxy) is 2. The summed E-state index contributed by atoms with van der Waals surface area (Å²) >= 11 is 0.838. The average molecular weight is 482 g/mol. The minimum atomic E-state index is -1.31. The van der Waals surface area contributed by atoms with Crippen LogP contribution in [0.5, 0.6) is 5.75 Å². The number of hydrogen-bond donors (Lipinski definition) is 1. The van der Waals surface area contributed by atoms with E-state index in [2.05, 4.69) is 4.98 Å². The van der Waals surface area contributed by atoms with Crippen molar-refractivity contribution >= 4 is 39.9 Å². The molecule has 0 spiro atoms. The summed E-state index contributed by atoms with van der Waals surface area (Å²) in [6, 6.07) is 10.5. The minimum Gasteiger partial charge on any atom is -0.507 e. The van der Waals surface area contributed by atoms with Gasteiger partial charge < -0.3 is 14.6 Å². The number of anilines is 1. The monoisotopic (exact) mass is 482 g/mol. The number of aryl methyl sites for hydroxylation is 1. The predicted octanol–water partition coefficient (Wildman–Crippen LogP) is 4.01. The van der Waals surface area contributed by atoms with E-state index < -0.39 is 35.3 Å². The van der Waals surface area contributed by atoms with Crippen molar-refractivity contribution in [3.05, 3.63) is 81.6 Å². The molecular formula is C24H19FN2O6S. The summed E-state index contributed by atoms with van der Waals surface area (Å²) in [6.45, 7) is 1.55. The van der Waals surface area contributed by atoms with Crippen molar-refractivity contribution in [1.82, 2.24) is 4.98 Å². The number of aliphatic hydroxyl groups excluding tert-OH is 1. The van der Waals surface area contributed by atoms with Gasteiger partial charge in [-0.15, -0.1) is 0 Å². The molecule has 2 heterocycles. The number of carbonyl (C=O) groups is 3. The quantitative estimate of drug-likeness (QED) is 0.253. The fourth-order valence-corrected chi connectivity index (χ4v) is 4.70. The molecule has 0 aliphatic carbocycles. The maximum Gasteiger partial charge on any atom is 0.350 e. The van der Waals surface area contributed by atoms with Gasteiger partial charge in [-0.05, 0) is 37.3 Å². The number of aliphatic hydroxyl groups is 1. The van der Waals surface area contributed by atoms with Gasteiger partial charge in [0.2, 0.25) is 0 Å². The van der Waals surface area contributed by atoms with Gasteiger partial charge in [0.05, 0.1) is 25.5 Å². The lowest BCUT2D eigenvalue weighted by atomic mass is 9.95. The summed E-state index contributed by atoms with van der Waals surface area (Å²) in [5.74, 6) is -3.29. The molecule has 1 saturated heterocycles. The van der Waals surface area contributed by atoms with Crippen molar-refractivity contribution in [2.75, 3.05) is 19.1 Å². The molecule has 34 heavy (non-hydrogen) atoms. The van der Waals surface area contributed by atoms with Crippen molar-refractivity contribution in [3.8, 4) is 5.75 Å². The summed E-state index contributed by atoms with van der Waals surface area (Å²) in [4.78, 5) is 43.8. The number of esters is 1. The van der Waals surface area contributed by atoms with E-state index in [-0.39, 0.29) is 32.4 Å². The summed E-state index contributed by atoms with van der Waals surface area (Å²) in [7, 11) is 2.69. The van der Waals surface area contributed by atoms with E-state index in [0.29, 0.717) is 5.75 Å². The first-order valence-electron chi connectivity index (χ1n) is 10.0. The molecule has 1 N–H and O–H groups in total. The molecule has 0 unspecified atom stereocenters. The third kappa shape index (κ3) is 3.81. The zero-order valence-corrected chi connectivity index (χ0v) is 19.2. The van der Waals surface area contributed by atoms with E-state index in [1.807, 2.05) is 0 Å². The first kappa shape index (κ1) is 23.1. The van der Waals surface area contributed by atoms with E-state index in [0.717, 1.165) is 16.2 Å². The Hall–Kier alpha value is -4.05. The lowest BCUT2D eigenvalue weighted by Gasteiger charge is -2.23. The summed E-state index contributed by atoms with van der Waals surface area (Å²) in [5.41, 5.74) is 0.221. The molecule has 1 aliphatic rings. The van der Waals surface area contributed by atoms with Gasteiger partial charge in [0.1, 0.15) is 28.2 Å². The van der Waals surface area contributed by atoms with Crippen LogP contribution in [0.4, 0.5) is 9.52 Å². The van der Waals surface area contributed by atoms with Crippen LogP contribution in [-0.2, 0) is 14.3 Å². The second-order valence-electron chi connectivity index (χ2n) is 7.32. The lowest BCUT2D eigenvalue weighted by molar-refractivity contribution is -0.132. The minimum absolute atomic E-state index is 0.00188. The van der Waals surface area contributed by atoms with Gasteiger partial charge in [-0.1, -0.05) is 29.5 Å². The van der Waals surface area contributed by atoms with Crippen molar-refractivity contribution in [3.63, 3.8) is 0 Å². The van der Waals surface area contributed by atoms with Crippen LogP contribution in [0.3, 0.4) is 0 Å². The Bertz CT molecular complexity index is 1330. The summed E-state index contributed by atoms with van der Waals surface area (Å²) < 4.78 is 24.8. The number of carbonyl (C=O) groups excluding carboxylic acids is 3. The number of Topliss-reactive ketones (excluding diaryl/α,β-unsaturated/α-hetero) is 1. The van der Waals surface area contributed by atoms with Crippen LogP contribution in [0.15, 0.2) is 54.1 Å². The predicted molar refractivity (Wildman–Crippen MR) is 122 cm³/mol. The number of methoxy groups -OCH3 is 2. The van der Waals surface area contributed by atoms with Crippen LogP contribution in [0.25, 0.3) is 5.76 Å². The fourth-order valence-electron chi connectivity index (χ4n) is 3.69. The number of hydrogen-bond acceptors (Lipinski definition) is 8. The highest BCUT2D eigenvalue weighted by atomic mass is 32.1. The second kappa shape index (κ2) is 9.06. The van der Waals surface area contributed by atoms with Crippen molar-refractivity contribution in [1.29, 1.82) is 0 Å². The third-order valence-electron chi connectivity index (χ3n) is 5.37. The highest BCUT2D eigenvalue weighted by molar-refractivity contribution is 7.17. The van der Waals surface area contributed by atoms with Gasteiger partial charge >= 0.3 is 11.9 Å². The molecule has 1 aromatic heterocycles. The Morgan fingerprint density at radius 1 is 1.12 bits per heavy atom. The number of nitrogens with zero attached hydrogens (tertiary/aromatic N) is 2. The van der Waals surface area contributed by atoms with Gasteiger partial charge in [0.25, 0.3) is 5.78 Å². The highest BCUT2D eigenvalue weighted by Crippen LogP contribution is 2.44. The normalized spacial score (nSPS) is 17.2. The zero-order chi connectivity index (χ0) is 24.6. The maximum absolute atomic E-state index is 14.9. The number of rotatable bonds is 5. The number of halogens is 1. The Kier molecular flexibility index (Phi) is 6.16. The van der Waals surface area contributed by atoms with Crippen LogP contribution < -0.4 is 9.64 Å². The largest absolute Gasteiger partial charge is 0.507 e. The lowest BCUT2D eigenvalue weighted by Crippen LogP contribution is -2.29. The van der Waals surface area contributed by atoms with E-state index >= 15 is 0 Å². The SMILES string of the molecule is COC(=O)c1sc(N2C(=O)C(=O)/C(=C(/O)c3ccc(OC)cc3)[C@@H]2c2ccccc2F)nc1C. The van der Waals surface area contributed by atoms with E-state index in [1.165, 1.54) is 44.6 Å². The molecule has 1 atom stereocenters. The molecule has 0 saturated carbocycles. The number of aromatic nitrogens is 1. The third-order valence-corrected chi connectivity index (χ3v) is 6.51. The van der Waals surface area contributed by atoms with Crippen LogP contribution in [0.2, 0.25) is 0 Å². The van der Waals surface area contributed by atoms with Crippen LogP contribution >= 0.6 is 11.3 Å². The number of ketones is 1. The maximum atomic E-state index is 14.9. The molecule has 10 heteroatoms. The molecule has 3 aromatic rings. The highest BCUT2D eigenvalue weighted by Gasteiger charge is 2.49. The van der Waals surface area contributed by atoms with Gasteiger partial charge in [-0.3, -0.25) is 14.5 Å². The Morgan fingerprint density at radius 2 is 1.79 bits per heavy atom. The molecule has 1 fully saturated rings. The number of amides is 1. The Morgan fingerprint density at radius 3 is 2.41 bits per heavy atom. The van der Waals surface area contributed by atoms with Crippen molar-refractivity contribution in [2.24, 2.45) is 0 Å². The first-order chi connectivity index (χ1) is 16.3. The molecule has 1 aliphatic heterocycles. The molecule has 0 radical (unpaired) electrons. The van der Waals surface area contributed by atoms with Crippen LogP contribution in [0, 0.1) is 12.7 Å². The zero-order valence-electron chi connectivity index (χ0n) is 18.4. The Balaban J connectivity index is 1.94. The molecule has 8 nitrogen and oxygen atoms in total.